The van der Waals surface area contributed by atoms with Crippen molar-refractivity contribution >= 4 is 0 Å². The van der Waals surface area contributed by atoms with E-state index in [1.807, 2.05) is 0 Å². The molecule has 0 N–H and O–H groups in total. The monoisotopic (exact) mass is 203 g/mol. The molecular weight excluding hydrogens is 180 g/mol. The second-order valence-electron chi connectivity index (χ2n) is 4.24. The van der Waals surface area contributed by atoms with E-state index in [1.165, 1.54) is 55.2 Å². The lowest BCUT2D eigenvalue weighted by atomic mass is 9.96. The Labute approximate surface area is 94.7 Å². The van der Waals surface area contributed by atoms with Crippen molar-refractivity contribution in [2.75, 3.05) is 0 Å². The molecule has 15 heavy (non-hydrogen) atoms. The molecule has 1 radical (unpaired) electrons. The minimum atomic E-state index is 1.17. The lowest BCUT2D eigenvalue weighted by molar-refractivity contribution is 0.848. The molecular formula is C15H23. The van der Waals surface area contributed by atoms with Crippen LogP contribution in [0.1, 0.15) is 56.7 Å². The molecule has 0 heteroatoms. The summed E-state index contributed by atoms with van der Waals surface area (Å²) in [5, 5.41) is 0. The molecule has 0 heterocycles. The Morgan fingerprint density at radius 1 is 0.867 bits per heavy atom. The van der Waals surface area contributed by atoms with Crippen molar-refractivity contribution in [3.05, 3.63) is 34.9 Å². The quantitative estimate of drug-likeness (QED) is 0.645. The lowest BCUT2D eigenvalue weighted by Crippen LogP contribution is -1.96. The zero-order chi connectivity index (χ0) is 11.1. The highest BCUT2D eigenvalue weighted by Crippen LogP contribution is 2.16. The summed E-state index contributed by atoms with van der Waals surface area (Å²) in [6.07, 6.45) is 7.24. The molecule has 0 nitrogen and oxygen atoms in total. The highest BCUT2D eigenvalue weighted by Gasteiger charge is 2.03. The largest absolute Gasteiger partial charge is 0.0651 e. The molecule has 1 aromatic carbocycles. The van der Waals surface area contributed by atoms with Crippen molar-refractivity contribution in [3.63, 3.8) is 0 Å². The van der Waals surface area contributed by atoms with E-state index >= 15 is 0 Å². The fourth-order valence-corrected chi connectivity index (χ4v) is 2.01. The molecule has 0 aliphatic heterocycles. The maximum atomic E-state index is 3.60. The summed E-state index contributed by atoms with van der Waals surface area (Å²) >= 11 is 0. The van der Waals surface area contributed by atoms with Crippen molar-refractivity contribution in [1.29, 1.82) is 0 Å². The van der Waals surface area contributed by atoms with Gasteiger partial charge in [0.2, 0.25) is 0 Å². The molecule has 0 atom stereocenters. The third-order valence-electron chi connectivity index (χ3n) is 2.72. The first-order valence-corrected chi connectivity index (χ1v) is 6.34. The van der Waals surface area contributed by atoms with Crippen LogP contribution in [0.5, 0.6) is 0 Å². The Hall–Kier alpha value is -0.780. The van der Waals surface area contributed by atoms with Crippen LogP contribution in [0.25, 0.3) is 0 Å². The first kappa shape index (κ1) is 12.3. The molecule has 1 aromatic rings. The average Bonchev–Trinajstić information content (AvgIpc) is 2.23. The van der Waals surface area contributed by atoms with Gasteiger partial charge in [-0.25, -0.2) is 0 Å². The Morgan fingerprint density at radius 3 is 2.13 bits per heavy atom. The molecule has 0 saturated heterocycles. The average molecular weight is 203 g/mol. The van der Waals surface area contributed by atoms with Gasteiger partial charge in [0.15, 0.2) is 0 Å². The van der Waals surface area contributed by atoms with E-state index in [0.29, 0.717) is 0 Å². The molecule has 0 amide bonds. The zero-order valence-corrected chi connectivity index (χ0v) is 10.4. The van der Waals surface area contributed by atoms with Crippen LogP contribution in [0.4, 0.5) is 0 Å². The third kappa shape index (κ3) is 3.70. The summed E-state index contributed by atoms with van der Waals surface area (Å²) in [7, 11) is 0. The van der Waals surface area contributed by atoms with Crippen LogP contribution in [-0.4, -0.2) is 0 Å². The van der Waals surface area contributed by atoms with Crippen molar-refractivity contribution in [1.82, 2.24) is 0 Å². The van der Waals surface area contributed by atoms with Gasteiger partial charge in [0.1, 0.15) is 0 Å². The van der Waals surface area contributed by atoms with Gasteiger partial charge in [0, 0.05) is 0 Å². The normalized spacial score (nSPS) is 10.6. The van der Waals surface area contributed by atoms with Crippen molar-refractivity contribution < 1.29 is 0 Å². The van der Waals surface area contributed by atoms with Crippen LogP contribution in [0.3, 0.4) is 0 Å². The summed E-state index contributed by atoms with van der Waals surface area (Å²) in [5.41, 5.74) is 4.37. The molecule has 0 unspecified atom stereocenters. The summed E-state index contributed by atoms with van der Waals surface area (Å²) in [6.45, 7) is 6.72. The molecule has 0 aliphatic carbocycles. The van der Waals surface area contributed by atoms with Gasteiger partial charge in [-0.1, -0.05) is 52.2 Å². The first-order chi connectivity index (χ1) is 7.31. The van der Waals surface area contributed by atoms with E-state index in [2.05, 4.69) is 39.0 Å². The number of rotatable bonds is 6. The zero-order valence-electron chi connectivity index (χ0n) is 10.4. The van der Waals surface area contributed by atoms with E-state index in [9.17, 15) is 0 Å². The van der Waals surface area contributed by atoms with Crippen LogP contribution in [0, 0.1) is 6.07 Å². The number of aryl methyl sites for hydroxylation is 3. The van der Waals surface area contributed by atoms with Crippen molar-refractivity contribution in [2.45, 2.75) is 59.3 Å². The van der Waals surface area contributed by atoms with Crippen molar-refractivity contribution in [2.24, 2.45) is 0 Å². The molecule has 0 fully saturated rings. The summed E-state index contributed by atoms with van der Waals surface area (Å²) in [4.78, 5) is 0. The van der Waals surface area contributed by atoms with E-state index in [4.69, 9.17) is 0 Å². The standard InChI is InChI=1S/C15H23/c1-4-7-13-10-11-14(8-5-2)15(12-13)9-6-3/h10-11H,4-9H2,1-3H3. The van der Waals surface area contributed by atoms with Crippen LogP contribution in [0.15, 0.2) is 12.1 Å². The topological polar surface area (TPSA) is 0 Å². The fourth-order valence-electron chi connectivity index (χ4n) is 2.01. The second-order valence-corrected chi connectivity index (χ2v) is 4.24. The van der Waals surface area contributed by atoms with Crippen molar-refractivity contribution in [3.8, 4) is 0 Å². The molecule has 0 spiro atoms. The number of benzene rings is 1. The predicted octanol–water partition coefficient (Wildman–Crippen LogP) is 4.34. The summed E-state index contributed by atoms with van der Waals surface area (Å²) in [5.74, 6) is 0. The van der Waals surface area contributed by atoms with Gasteiger partial charge in [-0.2, -0.15) is 0 Å². The highest BCUT2D eigenvalue weighted by atomic mass is 14.1. The Bertz CT molecular complexity index is 286. The predicted molar refractivity (Wildman–Crippen MR) is 67.3 cm³/mol. The van der Waals surface area contributed by atoms with E-state index < -0.39 is 0 Å². The van der Waals surface area contributed by atoms with Gasteiger partial charge in [-0.15, -0.1) is 0 Å². The molecule has 0 aliphatic rings. The molecule has 0 aromatic heterocycles. The van der Waals surface area contributed by atoms with Crippen LogP contribution in [-0.2, 0) is 19.3 Å². The number of hydrogen-bond donors (Lipinski definition) is 0. The minimum absolute atomic E-state index is 1.17. The minimum Gasteiger partial charge on any atom is -0.0651 e. The van der Waals surface area contributed by atoms with Gasteiger partial charge < -0.3 is 0 Å². The highest BCUT2D eigenvalue weighted by molar-refractivity contribution is 5.31. The van der Waals surface area contributed by atoms with Gasteiger partial charge in [-0.3, -0.25) is 0 Å². The number of hydrogen-bond acceptors (Lipinski definition) is 0. The summed E-state index contributed by atoms with van der Waals surface area (Å²) in [6, 6.07) is 8.17. The van der Waals surface area contributed by atoms with Crippen LogP contribution < -0.4 is 0 Å². The van der Waals surface area contributed by atoms with E-state index in [1.54, 1.807) is 0 Å². The summed E-state index contributed by atoms with van der Waals surface area (Å²) < 4.78 is 0. The van der Waals surface area contributed by atoms with Crippen LogP contribution >= 0.6 is 0 Å². The van der Waals surface area contributed by atoms with Crippen LogP contribution in [0.2, 0.25) is 0 Å². The fraction of sp³-hybridized carbons (Fsp3) is 0.600. The Balaban J connectivity index is 2.87. The first-order valence-electron chi connectivity index (χ1n) is 6.34. The van der Waals surface area contributed by atoms with Gasteiger partial charge >= 0.3 is 0 Å². The third-order valence-corrected chi connectivity index (χ3v) is 2.72. The molecule has 1 rings (SSSR count). The second kappa shape index (κ2) is 6.66. The Morgan fingerprint density at radius 2 is 1.53 bits per heavy atom. The van der Waals surface area contributed by atoms with Gasteiger partial charge in [-0.05, 0) is 42.0 Å². The molecule has 0 saturated carbocycles. The SMILES string of the molecule is CCCc1[c]c(CCC)c(CCC)cc1. The van der Waals surface area contributed by atoms with E-state index in [0.717, 1.165) is 0 Å². The van der Waals surface area contributed by atoms with Gasteiger partial charge in [0.05, 0.1) is 0 Å². The maximum Gasteiger partial charge on any atom is -0.0111 e. The van der Waals surface area contributed by atoms with Gasteiger partial charge in [0.25, 0.3) is 0 Å². The maximum absolute atomic E-state index is 3.60. The molecule has 83 valence electrons. The van der Waals surface area contributed by atoms with E-state index in [-0.39, 0.29) is 0 Å². The smallest absolute Gasteiger partial charge is 0.0111 e. The lowest BCUT2D eigenvalue weighted by Gasteiger charge is -2.09. The molecule has 0 bridgehead atoms. The Kier molecular flexibility index (Phi) is 5.45.